The molecule has 0 N–H and O–H groups in total. The van der Waals surface area contributed by atoms with Crippen LogP contribution < -0.4 is 10.3 Å². The average molecular weight is 453 g/mol. The molecule has 0 atom stereocenters. The first-order valence-electron chi connectivity index (χ1n) is 10.2. The Morgan fingerprint density at radius 3 is 2.66 bits per heavy atom. The zero-order chi connectivity index (χ0) is 23.3. The molecule has 0 saturated carbocycles. The second-order valence-corrected chi connectivity index (χ2v) is 9.69. The molecular weight excluding hydrogens is 428 g/mol. The van der Waals surface area contributed by atoms with Gasteiger partial charge in [0.15, 0.2) is 15.6 Å². The summed E-state index contributed by atoms with van der Waals surface area (Å²) < 4.78 is 32.4. The molecule has 0 aliphatic heterocycles. The molecule has 0 aliphatic carbocycles. The third-order valence-corrected chi connectivity index (χ3v) is 6.49. The Hall–Kier alpha value is -3.51. The van der Waals surface area contributed by atoms with Gasteiger partial charge in [0.25, 0.3) is 0 Å². The van der Waals surface area contributed by atoms with Gasteiger partial charge >= 0.3 is 6.01 Å². The molecule has 8 nitrogen and oxygen atoms in total. The molecule has 3 rings (SSSR count). The Kier molecular flexibility index (Phi) is 7.05. The fourth-order valence-electron chi connectivity index (χ4n) is 3.12. The molecule has 0 amide bonds. The number of rotatable bonds is 8. The summed E-state index contributed by atoms with van der Waals surface area (Å²) in [5, 5.41) is 9.42. The monoisotopic (exact) mass is 452 g/mol. The van der Waals surface area contributed by atoms with Crippen LogP contribution in [0.5, 0.6) is 11.8 Å². The standard InChI is InChI=1S/C23H24N4O4S/c1-4-5-11-32(29,30)15-19-12-20(18-9-10-21(28)27(3)14-18)26-23(25-19)31-22-16(2)7-6-8-17(22)13-24/h6-10,12,14H,4-5,11,15H2,1-3H3. The van der Waals surface area contributed by atoms with Crippen LogP contribution in [0.3, 0.4) is 0 Å². The number of benzene rings is 1. The Morgan fingerprint density at radius 2 is 1.97 bits per heavy atom. The molecule has 2 heterocycles. The van der Waals surface area contributed by atoms with Crippen molar-refractivity contribution in [3.63, 3.8) is 0 Å². The summed E-state index contributed by atoms with van der Waals surface area (Å²) in [6, 6.07) is 11.8. The minimum Gasteiger partial charge on any atom is -0.423 e. The predicted octanol–water partition coefficient (Wildman–Crippen LogP) is 3.53. The fourth-order valence-corrected chi connectivity index (χ4v) is 4.59. The highest BCUT2D eigenvalue weighted by atomic mass is 32.2. The highest BCUT2D eigenvalue weighted by Crippen LogP contribution is 2.29. The second-order valence-electron chi connectivity index (χ2n) is 7.51. The summed E-state index contributed by atoms with van der Waals surface area (Å²) in [4.78, 5) is 20.5. The fraction of sp³-hybridized carbons (Fsp3) is 0.304. The molecule has 3 aromatic rings. The molecule has 0 spiro atoms. The Morgan fingerprint density at radius 1 is 1.19 bits per heavy atom. The zero-order valence-electron chi connectivity index (χ0n) is 18.2. The van der Waals surface area contributed by atoms with E-state index in [1.165, 1.54) is 10.6 Å². The van der Waals surface area contributed by atoms with Crippen LogP contribution in [-0.4, -0.2) is 28.7 Å². The Balaban J connectivity index is 2.09. The Bertz CT molecular complexity index is 1340. The number of hydrogen-bond donors (Lipinski definition) is 0. The highest BCUT2D eigenvalue weighted by Gasteiger charge is 2.18. The van der Waals surface area contributed by atoms with Gasteiger partial charge in [-0.3, -0.25) is 4.79 Å². The van der Waals surface area contributed by atoms with E-state index in [-0.39, 0.29) is 28.8 Å². The quantitative estimate of drug-likeness (QED) is 0.513. The van der Waals surface area contributed by atoms with E-state index in [9.17, 15) is 18.5 Å². The van der Waals surface area contributed by atoms with E-state index in [1.807, 2.05) is 6.92 Å². The summed E-state index contributed by atoms with van der Waals surface area (Å²) in [6.45, 7) is 3.72. The lowest BCUT2D eigenvalue weighted by atomic mass is 10.1. The number of aryl methyl sites for hydroxylation is 2. The van der Waals surface area contributed by atoms with Gasteiger partial charge in [0.05, 0.1) is 28.5 Å². The van der Waals surface area contributed by atoms with Gasteiger partial charge in [-0.2, -0.15) is 15.2 Å². The number of hydrogen-bond acceptors (Lipinski definition) is 7. The van der Waals surface area contributed by atoms with Crippen molar-refractivity contribution < 1.29 is 13.2 Å². The first kappa shape index (κ1) is 23.2. The van der Waals surface area contributed by atoms with Crippen molar-refractivity contribution in [1.82, 2.24) is 14.5 Å². The van der Waals surface area contributed by atoms with Gasteiger partial charge in [0.2, 0.25) is 5.56 Å². The number of nitriles is 1. The summed E-state index contributed by atoms with van der Waals surface area (Å²) in [6.07, 6.45) is 2.95. The van der Waals surface area contributed by atoms with E-state index in [0.717, 1.165) is 12.0 Å². The number of sulfone groups is 1. The van der Waals surface area contributed by atoms with Crippen molar-refractivity contribution in [3.05, 3.63) is 69.8 Å². The molecule has 166 valence electrons. The minimum atomic E-state index is -3.37. The van der Waals surface area contributed by atoms with E-state index in [0.29, 0.717) is 29.0 Å². The minimum absolute atomic E-state index is 0.0647. The van der Waals surface area contributed by atoms with Crippen LogP contribution in [0, 0.1) is 18.3 Å². The highest BCUT2D eigenvalue weighted by molar-refractivity contribution is 7.90. The van der Waals surface area contributed by atoms with Gasteiger partial charge in [-0.25, -0.2) is 8.42 Å². The lowest BCUT2D eigenvalue weighted by Gasteiger charge is -2.12. The van der Waals surface area contributed by atoms with Crippen molar-refractivity contribution in [2.45, 2.75) is 32.4 Å². The van der Waals surface area contributed by atoms with Crippen LogP contribution in [0.4, 0.5) is 0 Å². The topological polar surface area (TPSA) is 115 Å². The third-order valence-electron chi connectivity index (χ3n) is 4.84. The third kappa shape index (κ3) is 5.59. The van der Waals surface area contributed by atoms with E-state index in [2.05, 4.69) is 16.0 Å². The molecule has 0 fully saturated rings. The largest absolute Gasteiger partial charge is 0.423 e. The zero-order valence-corrected chi connectivity index (χ0v) is 19.0. The van der Waals surface area contributed by atoms with Gasteiger partial charge in [-0.05, 0) is 37.1 Å². The molecule has 0 radical (unpaired) electrons. The first-order chi connectivity index (χ1) is 15.2. The number of pyridine rings is 1. The lowest BCUT2D eigenvalue weighted by Crippen LogP contribution is -2.14. The number of unbranched alkanes of at least 4 members (excludes halogenated alkanes) is 1. The second kappa shape index (κ2) is 9.75. The van der Waals surface area contributed by atoms with E-state index in [4.69, 9.17) is 4.74 Å². The molecule has 32 heavy (non-hydrogen) atoms. The molecule has 0 bridgehead atoms. The molecule has 0 unspecified atom stereocenters. The smallest absolute Gasteiger partial charge is 0.322 e. The van der Waals surface area contributed by atoms with Gasteiger partial charge in [0.1, 0.15) is 6.07 Å². The number of para-hydroxylation sites is 1. The summed E-state index contributed by atoms with van der Waals surface area (Å²) in [5.74, 6) is 0.117. The first-order valence-corrected chi connectivity index (χ1v) is 12.0. The lowest BCUT2D eigenvalue weighted by molar-refractivity contribution is 0.436. The van der Waals surface area contributed by atoms with Crippen molar-refractivity contribution >= 4 is 9.84 Å². The molecule has 0 saturated heterocycles. The molecule has 0 aliphatic rings. The summed E-state index contributed by atoms with van der Waals surface area (Å²) in [7, 11) is -1.76. The van der Waals surface area contributed by atoms with E-state index in [1.54, 1.807) is 50.5 Å². The van der Waals surface area contributed by atoms with E-state index < -0.39 is 9.84 Å². The molecule has 2 aromatic heterocycles. The van der Waals surface area contributed by atoms with Crippen LogP contribution in [-0.2, 0) is 22.6 Å². The van der Waals surface area contributed by atoms with Crippen molar-refractivity contribution in [3.8, 4) is 29.1 Å². The number of ether oxygens (including phenoxy) is 1. The maximum absolute atomic E-state index is 12.5. The van der Waals surface area contributed by atoms with Crippen LogP contribution in [0.2, 0.25) is 0 Å². The summed E-state index contributed by atoms with van der Waals surface area (Å²) >= 11 is 0. The Labute approximate surface area is 187 Å². The van der Waals surface area contributed by atoms with Crippen LogP contribution in [0.15, 0.2) is 47.4 Å². The van der Waals surface area contributed by atoms with Gasteiger partial charge < -0.3 is 9.30 Å². The maximum atomic E-state index is 12.5. The maximum Gasteiger partial charge on any atom is 0.322 e. The van der Waals surface area contributed by atoms with Gasteiger partial charge in [-0.15, -0.1) is 0 Å². The number of aromatic nitrogens is 3. The van der Waals surface area contributed by atoms with Crippen molar-refractivity contribution in [2.75, 3.05) is 5.75 Å². The molecular formula is C23H24N4O4S. The molecule has 1 aromatic carbocycles. The van der Waals surface area contributed by atoms with Crippen LogP contribution >= 0.6 is 0 Å². The molecule has 9 heteroatoms. The van der Waals surface area contributed by atoms with Crippen LogP contribution in [0.1, 0.15) is 36.6 Å². The van der Waals surface area contributed by atoms with E-state index >= 15 is 0 Å². The average Bonchev–Trinajstić information content (AvgIpc) is 2.75. The van der Waals surface area contributed by atoms with Gasteiger partial charge in [-0.1, -0.05) is 25.5 Å². The van der Waals surface area contributed by atoms with Crippen molar-refractivity contribution in [2.24, 2.45) is 7.05 Å². The normalized spacial score (nSPS) is 11.2. The predicted molar refractivity (Wildman–Crippen MR) is 121 cm³/mol. The van der Waals surface area contributed by atoms with Crippen molar-refractivity contribution in [1.29, 1.82) is 5.26 Å². The number of nitrogens with zero attached hydrogens (tertiary/aromatic N) is 4. The van der Waals surface area contributed by atoms with Crippen LogP contribution in [0.25, 0.3) is 11.3 Å². The van der Waals surface area contributed by atoms with Gasteiger partial charge in [0, 0.05) is 24.9 Å². The SMILES string of the molecule is CCCCS(=O)(=O)Cc1cc(-c2ccc(=O)n(C)c2)nc(Oc2c(C)cccc2C#N)n1. The summed E-state index contributed by atoms with van der Waals surface area (Å²) in [5.41, 5.74) is 2.16.